The van der Waals surface area contributed by atoms with Gasteiger partial charge < -0.3 is 4.98 Å². The Kier molecular flexibility index (Phi) is 10.9. The number of rotatable bonds is 9. The first-order valence-electron chi connectivity index (χ1n) is 14.9. The summed E-state index contributed by atoms with van der Waals surface area (Å²) in [5, 5.41) is 1.14. The number of benzene rings is 3. The topological polar surface area (TPSA) is 79.2 Å². The van der Waals surface area contributed by atoms with E-state index in [1.165, 1.54) is 34.7 Å². The van der Waals surface area contributed by atoms with E-state index in [0.29, 0.717) is 11.4 Å². The molecule has 6 aromatic rings. The number of hydrogen-bond acceptors (Lipinski definition) is 6. The highest BCUT2D eigenvalue weighted by molar-refractivity contribution is 7.99. The SMILES string of the molecule is CSc1ccc(CCSc2nc(-c3ccc(F)cc3)c(-c3ccncc3)[nH]2)cc1.Fc1ccc(C2=NC(=S)N=C2c2ccncc2)cc1. The fourth-order valence-electron chi connectivity index (χ4n) is 4.86. The molecule has 1 aliphatic heterocycles. The van der Waals surface area contributed by atoms with Crippen molar-refractivity contribution in [3.8, 4) is 22.5 Å². The van der Waals surface area contributed by atoms with E-state index in [1.54, 1.807) is 72.6 Å². The molecule has 1 N–H and O–H groups in total. The molecule has 7 rings (SSSR count). The standard InChI is InChI=1S/C23H20FN3S2.C14H8FN3S/c1-28-20-8-2-16(3-9-20)12-15-29-23-26-21(17-4-6-19(24)7-5-17)22(27-23)18-10-13-25-14-11-18;15-11-3-1-9(2-4-11)12-13(18-14(19)17-12)10-5-7-16-8-6-10/h2-11,13-14H,12,15H2,1H3,(H,26,27);1-8H. The number of aromatic amines is 1. The first-order valence-corrected chi connectivity index (χ1v) is 17.5. The van der Waals surface area contributed by atoms with Gasteiger partial charge in [-0.2, -0.15) is 0 Å². The average Bonchev–Trinajstić information content (AvgIpc) is 3.74. The molecular weight excluding hydrogens is 663 g/mol. The van der Waals surface area contributed by atoms with Crippen molar-refractivity contribution in [1.82, 2.24) is 19.9 Å². The number of aromatic nitrogens is 4. The fraction of sp³-hybridized carbons (Fsp3) is 0.0811. The molecule has 0 fully saturated rings. The third kappa shape index (κ3) is 8.35. The summed E-state index contributed by atoms with van der Waals surface area (Å²) in [7, 11) is 0. The lowest BCUT2D eigenvalue weighted by Gasteiger charge is -2.04. The Morgan fingerprint density at radius 2 is 1.17 bits per heavy atom. The van der Waals surface area contributed by atoms with Gasteiger partial charge in [0.25, 0.3) is 0 Å². The van der Waals surface area contributed by atoms with E-state index >= 15 is 0 Å². The number of halogens is 2. The summed E-state index contributed by atoms with van der Waals surface area (Å²) >= 11 is 8.48. The van der Waals surface area contributed by atoms with Gasteiger partial charge in [-0.05, 0) is 115 Å². The van der Waals surface area contributed by atoms with Crippen molar-refractivity contribution in [3.63, 3.8) is 0 Å². The van der Waals surface area contributed by atoms with Crippen molar-refractivity contribution >= 4 is 52.3 Å². The van der Waals surface area contributed by atoms with Gasteiger partial charge in [-0.1, -0.05) is 23.9 Å². The molecule has 1 aliphatic rings. The van der Waals surface area contributed by atoms with Crippen LogP contribution >= 0.6 is 35.7 Å². The molecule has 0 saturated heterocycles. The molecule has 0 unspecified atom stereocenters. The predicted molar refractivity (Wildman–Crippen MR) is 196 cm³/mol. The summed E-state index contributed by atoms with van der Waals surface area (Å²) in [5.74, 6) is 0.384. The first-order chi connectivity index (χ1) is 23.5. The van der Waals surface area contributed by atoms with Crippen LogP contribution in [0.5, 0.6) is 0 Å². The molecule has 4 heterocycles. The highest BCUT2D eigenvalue weighted by Gasteiger charge is 2.20. The van der Waals surface area contributed by atoms with Crippen LogP contribution in [0.2, 0.25) is 0 Å². The quantitative estimate of drug-likeness (QED) is 0.120. The molecule has 0 amide bonds. The molecule has 0 radical (unpaired) electrons. The minimum atomic E-state index is -0.285. The minimum Gasteiger partial charge on any atom is -0.332 e. The van der Waals surface area contributed by atoms with Crippen molar-refractivity contribution in [3.05, 3.63) is 150 Å². The second-order valence-electron chi connectivity index (χ2n) is 10.4. The van der Waals surface area contributed by atoms with Gasteiger partial charge >= 0.3 is 0 Å². The van der Waals surface area contributed by atoms with Crippen LogP contribution in [0.3, 0.4) is 0 Å². The average molecular weight is 691 g/mol. The number of thiocarbonyl (C=S) groups is 1. The van der Waals surface area contributed by atoms with E-state index in [-0.39, 0.29) is 16.7 Å². The minimum absolute atomic E-state index is 0.253. The Morgan fingerprint density at radius 1 is 0.646 bits per heavy atom. The zero-order valence-electron chi connectivity index (χ0n) is 25.7. The number of hydrogen-bond donors (Lipinski definition) is 1. The molecule has 0 spiro atoms. The van der Waals surface area contributed by atoms with Crippen LogP contribution in [-0.2, 0) is 6.42 Å². The van der Waals surface area contributed by atoms with Crippen LogP contribution in [0.15, 0.2) is 142 Å². The van der Waals surface area contributed by atoms with Crippen LogP contribution in [-0.4, -0.2) is 48.5 Å². The Hall–Kier alpha value is -4.84. The molecule has 0 aliphatic carbocycles. The number of H-pyrrole nitrogens is 1. The third-order valence-corrected chi connectivity index (χ3v) is 9.07. The van der Waals surface area contributed by atoms with E-state index in [4.69, 9.17) is 17.2 Å². The lowest BCUT2D eigenvalue weighted by Crippen LogP contribution is -2.14. The van der Waals surface area contributed by atoms with E-state index < -0.39 is 0 Å². The maximum atomic E-state index is 13.4. The largest absolute Gasteiger partial charge is 0.332 e. The van der Waals surface area contributed by atoms with Gasteiger partial charge in [-0.3, -0.25) is 9.97 Å². The maximum absolute atomic E-state index is 13.4. The molecule has 0 saturated carbocycles. The number of pyridine rings is 2. The second-order valence-corrected chi connectivity index (χ2v) is 12.7. The van der Waals surface area contributed by atoms with Crippen LogP contribution in [0.1, 0.15) is 16.7 Å². The number of imidazole rings is 1. The maximum Gasteiger partial charge on any atom is 0.220 e. The van der Waals surface area contributed by atoms with Gasteiger partial charge in [0.2, 0.25) is 5.11 Å². The molecule has 6 nitrogen and oxygen atoms in total. The highest BCUT2D eigenvalue weighted by Crippen LogP contribution is 2.33. The Morgan fingerprint density at radius 3 is 1.73 bits per heavy atom. The number of aliphatic imine (C=N–C) groups is 2. The third-order valence-electron chi connectivity index (χ3n) is 7.27. The van der Waals surface area contributed by atoms with Crippen molar-refractivity contribution in [2.24, 2.45) is 9.98 Å². The summed E-state index contributed by atoms with van der Waals surface area (Å²) in [5.41, 5.74) is 7.98. The first kappa shape index (κ1) is 33.1. The van der Waals surface area contributed by atoms with Gasteiger partial charge in [0, 0.05) is 57.7 Å². The molecule has 3 aromatic carbocycles. The highest BCUT2D eigenvalue weighted by atomic mass is 32.2. The van der Waals surface area contributed by atoms with Crippen LogP contribution < -0.4 is 0 Å². The monoisotopic (exact) mass is 690 g/mol. The molecule has 48 heavy (non-hydrogen) atoms. The van der Waals surface area contributed by atoms with Gasteiger partial charge in [0.1, 0.15) is 17.3 Å². The van der Waals surface area contributed by atoms with Crippen molar-refractivity contribution in [2.75, 3.05) is 12.0 Å². The summed E-state index contributed by atoms with van der Waals surface area (Å²) < 4.78 is 26.3. The van der Waals surface area contributed by atoms with E-state index in [9.17, 15) is 8.78 Å². The molecule has 0 atom stereocenters. The van der Waals surface area contributed by atoms with Crippen LogP contribution in [0.4, 0.5) is 8.78 Å². The molecule has 238 valence electrons. The summed E-state index contributed by atoms with van der Waals surface area (Å²) in [6.07, 6.45) is 9.94. The van der Waals surface area contributed by atoms with Crippen LogP contribution in [0, 0.1) is 11.6 Å². The number of nitrogens with zero attached hydrogens (tertiary/aromatic N) is 5. The summed E-state index contributed by atoms with van der Waals surface area (Å²) in [6, 6.07) is 28.8. The van der Waals surface area contributed by atoms with E-state index in [2.05, 4.69) is 55.5 Å². The number of aryl methyl sites for hydroxylation is 1. The smallest absolute Gasteiger partial charge is 0.220 e. The summed E-state index contributed by atoms with van der Waals surface area (Å²) in [4.78, 5) is 26.1. The molecule has 0 bridgehead atoms. The van der Waals surface area contributed by atoms with Gasteiger partial charge in [-0.25, -0.2) is 23.7 Å². The lowest BCUT2D eigenvalue weighted by atomic mass is 10.0. The fourth-order valence-corrected chi connectivity index (χ4v) is 6.32. The summed E-state index contributed by atoms with van der Waals surface area (Å²) in [6.45, 7) is 0. The Labute approximate surface area is 291 Å². The molecule has 11 heteroatoms. The van der Waals surface area contributed by atoms with Crippen LogP contribution in [0.25, 0.3) is 22.5 Å². The van der Waals surface area contributed by atoms with E-state index in [1.807, 2.05) is 24.3 Å². The predicted octanol–water partition coefficient (Wildman–Crippen LogP) is 9.13. The van der Waals surface area contributed by atoms with Gasteiger partial charge in [0.05, 0.1) is 17.1 Å². The lowest BCUT2D eigenvalue weighted by molar-refractivity contribution is 0.627. The zero-order chi connectivity index (χ0) is 33.3. The Bertz CT molecular complexity index is 2050. The Balaban J connectivity index is 0.000000182. The second kappa shape index (κ2) is 15.8. The van der Waals surface area contributed by atoms with Crippen molar-refractivity contribution < 1.29 is 8.78 Å². The van der Waals surface area contributed by atoms with Crippen molar-refractivity contribution in [2.45, 2.75) is 16.5 Å². The van der Waals surface area contributed by atoms with E-state index in [0.717, 1.165) is 51.0 Å². The van der Waals surface area contributed by atoms with Gasteiger partial charge in [-0.15, -0.1) is 11.8 Å². The number of thioether (sulfide) groups is 2. The van der Waals surface area contributed by atoms with Crippen molar-refractivity contribution in [1.29, 1.82) is 0 Å². The zero-order valence-corrected chi connectivity index (χ0v) is 28.1. The molecule has 3 aromatic heterocycles. The number of nitrogens with one attached hydrogen (secondary N) is 1. The molecular formula is C37H28F2N6S3. The normalized spacial score (nSPS) is 12.3. The van der Waals surface area contributed by atoms with Gasteiger partial charge in [0.15, 0.2) is 5.16 Å².